The van der Waals surface area contributed by atoms with E-state index in [2.05, 4.69) is 15.2 Å². The van der Waals surface area contributed by atoms with E-state index in [0.717, 1.165) is 11.4 Å². The molecule has 0 aliphatic rings. The van der Waals surface area contributed by atoms with Gasteiger partial charge in [-0.2, -0.15) is 0 Å². The number of rotatable bonds is 6. The highest BCUT2D eigenvalue weighted by molar-refractivity contribution is 7.99. The van der Waals surface area contributed by atoms with E-state index in [4.69, 9.17) is 11.6 Å². The van der Waals surface area contributed by atoms with Gasteiger partial charge in [-0.15, -0.1) is 5.10 Å². The van der Waals surface area contributed by atoms with Gasteiger partial charge in [0.15, 0.2) is 0 Å². The third-order valence-electron chi connectivity index (χ3n) is 2.97. The van der Waals surface area contributed by atoms with Gasteiger partial charge in [0.05, 0.1) is 0 Å². The van der Waals surface area contributed by atoms with Gasteiger partial charge in [-0.25, -0.2) is 9.37 Å². The number of carbonyl (C=O) groups is 1. The zero-order valence-electron chi connectivity index (χ0n) is 12.3. The van der Waals surface area contributed by atoms with Crippen molar-refractivity contribution in [3.05, 3.63) is 40.4 Å². The molecule has 0 aliphatic carbocycles. The Morgan fingerprint density at radius 2 is 2.27 bits per heavy atom. The third kappa shape index (κ3) is 4.71. The molecule has 118 valence electrons. The molecular formula is C14H16ClFN4OS. The van der Waals surface area contributed by atoms with E-state index in [0.29, 0.717) is 28.9 Å². The van der Waals surface area contributed by atoms with Crippen molar-refractivity contribution in [3.8, 4) is 0 Å². The van der Waals surface area contributed by atoms with E-state index in [9.17, 15) is 9.18 Å². The maximum absolute atomic E-state index is 13.0. The number of aromatic nitrogens is 3. The molecule has 0 saturated heterocycles. The lowest BCUT2D eigenvalue weighted by atomic mass is 10.2. The predicted molar refractivity (Wildman–Crippen MR) is 84.3 cm³/mol. The number of amides is 1. The maximum Gasteiger partial charge on any atom is 0.223 e. The first-order chi connectivity index (χ1) is 10.5. The summed E-state index contributed by atoms with van der Waals surface area (Å²) in [4.78, 5) is 17.8. The van der Waals surface area contributed by atoms with Gasteiger partial charge in [-0.1, -0.05) is 29.4 Å². The summed E-state index contributed by atoms with van der Waals surface area (Å²) in [7, 11) is 1.70. The fourth-order valence-corrected chi connectivity index (χ4v) is 2.80. The lowest BCUT2D eigenvalue weighted by molar-refractivity contribution is -0.129. The standard InChI is InChI=1S/C14H16ClFN4OS/c1-9-17-14(19-18-9)22-6-5-13(21)20(2)8-10-3-4-11(16)7-12(10)15/h3-4,7H,5-6,8H2,1-2H3,(H,17,18,19). The highest BCUT2D eigenvalue weighted by atomic mass is 35.5. The number of benzene rings is 1. The zero-order chi connectivity index (χ0) is 16.1. The van der Waals surface area contributed by atoms with Crippen LogP contribution in [0, 0.1) is 12.7 Å². The van der Waals surface area contributed by atoms with Crippen LogP contribution in [0.25, 0.3) is 0 Å². The van der Waals surface area contributed by atoms with E-state index < -0.39 is 0 Å². The summed E-state index contributed by atoms with van der Waals surface area (Å²) in [6.45, 7) is 2.17. The predicted octanol–water partition coefficient (Wildman–Crippen LogP) is 3.05. The first-order valence-corrected chi connectivity index (χ1v) is 8.02. The quantitative estimate of drug-likeness (QED) is 0.820. The number of carbonyl (C=O) groups excluding carboxylic acids is 1. The van der Waals surface area contributed by atoms with Gasteiger partial charge in [0.2, 0.25) is 11.1 Å². The number of nitrogens with zero attached hydrogens (tertiary/aromatic N) is 3. The molecule has 1 aromatic carbocycles. The Labute approximate surface area is 137 Å². The molecule has 0 spiro atoms. The van der Waals surface area contributed by atoms with E-state index >= 15 is 0 Å². The molecule has 0 saturated carbocycles. The van der Waals surface area contributed by atoms with Gasteiger partial charge in [-0.05, 0) is 24.6 Å². The monoisotopic (exact) mass is 342 g/mol. The molecule has 0 bridgehead atoms. The van der Waals surface area contributed by atoms with Crippen LogP contribution in [0.4, 0.5) is 4.39 Å². The average Bonchev–Trinajstić information content (AvgIpc) is 2.87. The van der Waals surface area contributed by atoms with Gasteiger partial charge in [0.1, 0.15) is 11.6 Å². The molecule has 0 atom stereocenters. The summed E-state index contributed by atoms with van der Waals surface area (Å²) in [6, 6.07) is 4.17. The fourth-order valence-electron chi connectivity index (χ4n) is 1.80. The normalized spacial score (nSPS) is 10.7. The van der Waals surface area contributed by atoms with Crippen LogP contribution in [-0.4, -0.2) is 38.8 Å². The molecule has 2 aromatic rings. The highest BCUT2D eigenvalue weighted by Crippen LogP contribution is 2.19. The molecule has 0 radical (unpaired) electrons. The van der Waals surface area contributed by atoms with Gasteiger partial charge in [0.25, 0.3) is 0 Å². The molecular weight excluding hydrogens is 327 g/mol. The molecule has 0 fully saturated rings. The number of aryl methyl sites for hydroxylation is 1. The van der Waals surface area contributed by atoms with E-state index in [1.54, 1.807) is 18.0 Å². The molecule has 5 nitrogen and oxygen atoms in total. The van der Waals surface area contributed by atoms with Crippen molar-refractivity contribution in [1.82, 2.24) is 20.1 Å². The topological polar surface area (TPSA) is 61.9 Å². The van der Waals surface area contributed by atoms with E-state index in [1.165, 1.54) is 23.9 Å². The average molecular weight is 343 g/mol. The van der Waals surface area contributed by atoms with Crippen LogP contribution in [0.15, 0.2) is 23.4 Å². The summed E-state index contributed by atoms with van der Waals surface area (Å²) < 4.78 is 13.0. The minimum absolute atomic E-state index is 0.0138. The van der Waals surface area contributed by atoms with E-state index in [-0.39, 0.29) is 11.7 Å². The van der Waals surface area contributed by atoms with Crippen molar-refractivity contribution < 1.29 is 9.18 Å². The first kappa shape index (κ1) is 16.8. The Morgan fingerprint density at radius 1 is 1.50 bits per heavy atom. The summed E-state index contributed by atoms with van der Waals surface area (Å²) >= 11 is 7.38. The van der Waals surface area contributed by atoms with Crippen molar-refractivity contribution >= 4 is 29.3 Å². The Hall–Kier alpha value is -1.60. The van der Waals surface area contributed by atoms with Crippen molar-refractivity contribution in [2.24, 2.45) is 0 Å². The van der Waals surface area contributed by atoms with Crippen LogP contribution in [0.5, 0.6) is 0 Å². The molecule has 1 amide bonds. The number of aromatic amines is 1. The van der Waals surface area contributed by atoms with Crippen molar-refractivity contribution in [1.29, 1.82) is 0 Å². The number of nitrogens with one attached hydrogen (secondary N) is 1. The number of H-pyrrole nitrogens is 1. The van der Waals surface area contributed by atoms with Gasteiger partial charge in [0, 0.05) is 30.8 Å². The van der Waals surface area contributed by atoms with Crippen molar-refractivity contribution in [3.63, 3.8) is 0 Å². The Balaban J connectivity index is 1.81. The van der Waals surface area contributed by atoms with Crippen LogP contribution in [-0.2, 0) is 11.3 Å². The molecule has 1 heterocycles. The van der Waals surface area contributed by atoms with Gasteiger partial charge >= 0.3 is 0 Å². The molecule has 1 aromatic heterocycles. The molecule has 2 rings (SSSR count). The highest BCUT2D eigenvalue weighted by Gasteiger charge is 2.12. The minimum Gasteiger partial charge on any atom is -0.341 e. The van der Waals surface area contributed by atoms with Crippen LogP contribution in [0.2, 0.25) is 5.02 Å². The zero-order valence-corrected chi connectivity index (χ0v) is 13.8. The summed E-state index contributed by atoms with van der Waals surface area (Å²) in [5, 5.41) is 7.70. The molecule has 1 N–H and O–H groups in total. The number of halogens is 2. The smallest absolute Gasteiger partial charge is 0.223 e. The summed E-state index contributed by atoms with van der Waals surface area (Å²) in [5.74, 6) is 0.940. The number of thioether (sulfide) groups is 1. The molecule has 0 aliphatic heterocycles. The van der Waals surface area contributed by atoms with Gasteiger partial charge in [-0.3, -0.25) is 9.89 Å². The van der Waals surface area contributed by atoms with Crippen LogP contribution >= 0.6 is 23.4 Å². The number of hydrogen-bond donors (Lipinski definition) is 1. The Bertz CT molecular complexity index is 664. The van der Waals surface area contributed by atoms with Crippen molar-refractivity contribution in [2.75, 3.05) is 12.8 Å². The van der Waals surface area contributed by atoms with Crippen molar-refractivity contribution in [2.45, 2.75) is 25.0 Å². The third-order valence-corrected chi connectivity index (χ3v) is 4.17. The first-order valence-electron chi connectivity index (χ1n) is 6.65. The second kappa shape index (κ2) is 7.60. The Morgan fingerprint density at radius 3 is 2.91 bits per heavy atom. The lowest BCUT2D eigenvalue weighted by Gasteiger charge is -2.17. The number of hydrogen-bond acceptors (Lipinski definition) is 4. The van der Waals surface area contributed by atoms with E-state index in [1.807, 2.05) is 6.92 Å². The minimum atomic E-state index is -0.388. The SMILES string of the molecule is Cc1nc(SCCC(=O)N(C)Cc2ccc(F)cc2Cl)n[nH]1. The van der Waals surface area contributed by atoms with Crippen LogP contribution < -0.4 is 0 Å². The largest absolute Gasteiger partial charge is 0.341 e. The molecule has 8 heteroatoms. The van der Waals surface area contributed by atoms with Crippen LogP contribution in [0.3, 0.4) is 0 Å². The maximum atomic E-state index is 13.0. The Kier molecular flexibility index (Phi) is 5.79. The van der Waals surface area contributed by atoms with Crippen LogP contribution in [0.1, 0.15) is 17.8 Å². The second-order valence-corrected chi connectivity index (χ2v) is 6.26. The summed E-state index contributed by atoms with van der Waals surface area (Å²) in [5.41, 5.74) is 0.719. The second-order valence-electron chi connectivity index (χ2n) is 4.79. The summed E-state index contributed by atoms with van der Waals surface area (Å²) in [6.07, 6.45) is 0.369. The molecule has 0 unspecified atom stereocenters. The van der Waals surface area contributed by atoms with Gasteiger partial charge < -0.3 is 4.90 Å². The molecule has 22 heavy (non-hydrogen) atoms. The fraction of sp³-hybridized carbons (Fsp3) is 0.357. The lowest BCUT2D eigenvalue weighted by Crippen LogP contribution is -2.26.